The molecule has 19 heavy (non-hydrogen) atoms. The van der Waals surface area contributed by atoms with E-state index in [0.29, 0.717) is 17.8 Å². The average molecular weight is 303 g/mol. The molecule has 0 amide bonds. The van der Waals surface area contributed by atoms with Gasteiger partial charge < -0.3 is 4.55 Å². The molecule has 1 nitrogen and oxygen atoms in total. The van der Waals surface area contributed by atoms with Crippen LogP contribution in [0.1, 0.15) is 76.0 Å². The van der Waals surface area contributed by atoms with Crippen LogP contribution in [0.4, 0.5) is 0 Å². The standard InChI is InChI=1S/C16H27ClOS/c1-10(2)13-8-14(11(3)4)16(19(7,17)18)15(9-13)12(5)6/h8-12,18H,1-7H3. The van der Waals surface area contributed by atoms with Crippen molar-refractivity contribution in [2.24, 2.45) is 0 Å². The molecule has 0 spiro atoms. The van der Waals surface area contributed by atoms with Crippen molar-refractivity contribution in [1.82, 2.24) is 0 Å². The molecular weight excluding hydrogens is 276 g/mol. The summed E-state index contributed by atoms with van der Waals surface area (Å²) in [5, 5.41) is 0. The molecule has 1 aromatic carbocycles. The van der Waals surface area contributed by atoms with Crippen molar-refractivity contribution in [3.05, 3.63) is 28.8 Å². The van der Waals surface area contributed by atoms with Gasteiger partial charge in [-0.05, 0) is 54.6 Å². The van der Waals surface area contributed by atoms with Crippen LogP contribution >= 0.6 is 20.2 Å². The summed E-state index contributed by atoms with van der Waals surface area (Å²) in [5.41, 5.74) is 3.73. The van der Waals surface area contributed by atoms with Crippen LogP contribution in [0, 0.1) is 0 Å². The first-order chi connectivity index (χ1) is 8.55. The number of rotatable bonds is 4. The number of hydrogen-bond acceptors (Lipinski definition) is 1. The largest absolute Gasteiger partial charge is 0.334 e. The SMILES string of the molecule is CC(C)c1cc(C(C)C)c(S(C)(O)Cl)c(C(C)C)c1. The molecule has 0 saturated carbocycles. The summed E-state index contributed by atoms with van der Waals surface area (Å²) >= 11 is 0. The first-order valence-corrected chi connectivity index (χ1v) is 9.76. The third kappa shape index (κ3) is 3.90. The lowest BCUT2D eigenvalue weighted by Crippen LogP contribution is -2.07. The van der Waals surface area contributed by atoms with E-state index in [9.17, 15) is 4.55 Å². The van der Waals surface area contributed by atoms with Gasteiger partial charge in [-0.15, -0.1) is 0 Å². The molecule has 3 heteroatoms. The molecule has 0 fully saturated rings. The Balaban J connectivity index is 3.66. The lowest BCUT2D eigenvalue weighted by atomic mass is 9.89. The van der Waals surface area contributed by atoms with E-state index in [0.717, 1.165) is 4.90 Å². The number of halogens is 1. The summed E-state index contributed by atoms with van der Waals surface area (Å²) < 4.78 is 10.4. The minimum atomic E-state index is -2.22. The Bertz CT molecular complexity index is 416. The predicted molar refractivity (Wildman–Crippen MR) is 89.0 cm³/mol. The Morgan fingerprint density at radius 2 is 1.26 bits per heavy atom. The molecule has 1 atom stereocenters. The molecule has 0 radical (unpaired) electrons. The minimum absolute atomic E-state index is 0.365. The third-order valence-corrected chi connectivity index (χ3v) is 5.13. The maximum absolute atomic E-state index is 10.4. The van der Waals surface area contributed by atoms with Crippen LogP contribution in [0.15, 0.2) is 17.0 Å². The molecule has 110 valence electrons. The Labute approximate surface area is 124 Å². The molecule has 0 aliphatic heterocycles. The second kappa shape index (κ2) is 6.07. The van der Waals surface area contributed by atoms with E-state index in [2.05, 4.69) is 53.7 Å². The summed E-state index contributed by atoms with van der Waals surface area (Å²) in [4.78, 5) is 0.976. The van der Waals surface area contributed by atoms with Crippen LogP contribution in [-0.4, -0.2) is 10.8 Å². The van der Waals surface area contributed by atoms with Crippen LogP contribution in [-0.2, 0) is 0 Å². The first-order valence-electron chi connectivity index (χ1n) is 6.93. The van der Waals surface area contributed by atoms with Gasteiger partial charge in [0.15, 0.2) is 0 Å². The third-order valence-electron chi connectivity index (χ3n) is 3.45. The zero-order valence-electron chi connectivity index (χ0n) is 13.1. The van der Waals surface area contributed by atoms with E-state index < -0.39 is 9.52 Å². The highest BCUT2D eigenvalue weighted by atomic mass is 35.7. The molecule has 0 aliphatic rings. The van der Waals surface area contributed by atoms with Crippen molar-refractivity contribution in [3.8, 4) is 0 Å². The predicted octanol–water partition coefficient (Wildman–Crippen LogP) is 6.48. The van der Waals surface area contributed by atoms with Gasteiger partial charge in [0.2, 0.25) is 0 Å². The zero-order chi connectivity index (χ0) is 15.0. The Morgan fingerprint density at radius 3 is 1.47 bits per heavy atom. The van der Waals surface area contributed by atoms with Gasteiger partial charge in [0, 0.05) is 11.2 Å². The van der Waals surface area contributed by atoms with E-state index in [4.69, 9.17) is 10.7 Å². The van der Waals surface area contributed by atoms with Crippen molar-refractivity contribution in [2.75, 3.05) is 6.26 Å². The fraction of sp³-hybridized carbons (Fsp3) is 0.625. The van der Waals surface area contributed by atoms with Gasteiger partial charge in [-0.2, -0.15) is 0 Å². The molecule has 0 bridgehead atoms. The number of benzene rings is 1. The van der Waals surface area contributed by atoms with E-state index in [1.165, 1.54) is 16.7 Å². The van der Waals surface area contributed by atoms with Crippen LogP contribution in [0.2, 0.25) is 0 Å². The molecular formula is C16H27ClOS. The normalized spacial score (nSPS) is 17.1. The maximum atomic E-state index is 10.4. The summed E-state index contributed by atoms with van der Waals surface area (Å²) in [7, 11) is 4.10. The van der Waals surface area contributed by atoms with Gasteiger partial charge >= 0.3 is 0 Å². The van der Waals surface area contributed by atoms with Crippen LogP contribution in [0.25, 0.3) is 0 Å². The van der Waals surface area contributed by atoms with Gasteiger partial charge in [-0.1, -0.05) is 53.7 Å². The molecule has 1 aromatic rings. The highest BCUT2D eigenvalue weighted by Gasteiger charge is 2.25. The Hall–Kier alpha value is -0.180. The fourth-order valence-electron chi connectivity index (χ4n) is 2.32. The van der Waals surface area contributed by atoms with E-state index >= 15 is 0 Å². The molecule has 0 aliphatic carbocycles. The van der Waals surface area contributed by atoms with Crippen molar-refractivity contribution < 1.29 is 4.55 Å². The van der Waals surface area contributed by atoms with E-state index in [1.54, 1.807) is 6.26 Å². The van der Waals surface area contributed by atoms with E-state index in [-0.39, 0.29) is 0 Å². The zero-order valence-corrected chi connectivity index (χ0v) is 14.7. The Kier molecular flexibility index (Phi) is 5.39. The van der Waals surface area contributed by atoms with Gasteiger partial charge in [0.05, 0.1) is 0 Å². The van der Waals surface area contributed by atoms with Gasteiger partial charge in [0.1, 0.15) is 0 Å². The molecule has 1 rings (SSSR count). The van der Waals surface area contributed by atoms with Crippen LogP contribution < -0.4 is 0 Å². The topological polar surface area (TPSA) is 20.2 Å². The quantitative estimate of drug-likeness (QED) is 0.675. The first kappa shape index (κ1) is 16.9. The minimum Gasteiger partial charge on any atom is -0.334 e. The van der Waals surface area contributed by atoms with Crippen LogP contribution in [0.3, 0.4) is 0 Å². The Morgan fingerprint density at radius 1 is 0.895 bits per heavy atom. The molecule has 0 aromatic heterocycles. The smallest absolute Gasteiger partial charge is 0.0332 e. The molecule has 1 unspecified atom stereocenters. The van der Waals surface area contributed by atoms with Crippen molar-refractivity contribution in [1.29, 1.82) is 0 Å². The van der Waals surface area contributed by atoms with Crippen molar-refractivity contribution >= 4 is 20.2 Å². The molecule has 0 heterocycles. The molecule has 1 N–H and O–H groups in total. The summed E-state index contributed by atoms with van der Waals surface area (Å²) in [6.07, 6.45) is 1.75. The lowest BCUT2D eigenvalue weighted by molar-refractivity contribution is 0.637. The van der Waals surface area contributed by atoms with Crippen molar-refractivity contribution in [3.63, 3.8) is 0 Å². The highest BCUT2D eigenvalue weighted by Crippen LogP contribution is 2.58. The number of hydrogen-bond donors (Lipinski definition) is 1. The average Bonchev–Trinajstić information content (AvgIpc) is 2.25. The highest BCUT2D eigenvalue weighted by molar-refractivity contribution is 8.46. The summed E-state index contributed by atoms with van der Waals surface area (Å²) in [6.45, 7) is 13.1. The molecule has 0 saturated heterocycles. The second-order valence-electron chi connectivity index (χ2n) is 6.27. The van der Waals surface area contributed by atoms with Gasteiger partial charge in [0.25, 0.3) is 0 Å². The fourth-order valence-corrected chi connectivity index (χ4v) is 4.30. The summed E-state index contributed by atoms with van der Waals surface area (Å²) in [6, 6.07) is 4.45. The van der Waals surface area contributed by atoms with Crippen molar-refractivity contribution in [2.45, 2.75) is 64.2 Å². The van der Waals surface area contributed by atoms with Gasteiger partial charge in [-0.25, -0.2) is 0 Å². The lowest BCUT2D eigenvalue weighted by Gasteiger charge is -2.31. The van der Waals surface area contributed by atoms with E-state index in [1.807, 2.05) is 0 Å². The van der Waals surface area contributed by atoms with Gasteiger partial charge in [-0.3, -0.25) is 0 Å². The monoisotopic (exact) mass is 302 g/mol. The maximum Gasteiger partial charge on any atom is 0.0332 e. The second-order valence-corrected chi connectivity index (χ2v) is 10.0. The summed E-state index contributed by atoms with van der Waals surface area (Å²) in [5.74, 6) is 1.21. The van der Waals surface area contributed by atoms with Crippen LogP contribution in [0.5, 0.6) is 0 Å².